The number of hydrogen-bond donors (Lipinski definition) is 3. The third-order valence-corrected chi connectivity index (χ3v) is 3.41. The van der Waals surface area contributed by atoms with Gasteiger partial charge in [0.2, 0.25) is 0 Å². The second-order valence-electron chi connectivity index (χ2n) is 4.95. The van der Waals surface area contributed by atoms with Gasteiger partial charge in [0.15, 0.2) is 0 Å². The van der Waals surface area contributed by atoms with E-state index in [2.05, 4.69) is 5.32 Å². The molecular weight excluding hydrogens is 281 g/mol. The maximum absolute atomic E-state index is 12.3. The Morgan fingerprint density at radius 2 is 1.86 bits per heavy atom. The highest BCUT2D eigenvalue weighted by Crippen LogP contribution is 2.21. The fraction of sp³-hybridized carbons (Fsp3) is 0.188. The fourth-order valence-electron chi connectivity index (χ4n) is 2.18. The van der Waals surface area contributed by atoms with Gasteiger partial charge in [0.25, 0.3) is 5.91 Å². The number of rotatable bonds is 5. The van der Waals surface area contributed by atoms with Gasteiger partial charge in [-0.15, -0.1) is 0 Å². The van der Waals surface area contributed by atoms with Gasteiger partial charge in [0.1, 0.15) is 5.75 Å². The van der Waals surface area contributed by atoms with Gasteiger partial charge in [-0.05, 0) is 29.6 Å². The second-order valence-corrected chi connectivity index (χ2v) is 4.95. The Labute approximate surface area is 129 Å². The number of carbonyl (C=O) groups excluding carboxylic acids is 1. The molecule has 0 saturated carbocycles. The highest BCUT2D eigenvalue weighted by Gasteiger charge is 2.15. The zero-order chi connectivity index (χ0) is 16.1. The van der Waals surface area contributed by atoms with Crippen molar-refractivity contribution < 1.29 is 19.6 Å². The SMILES string of the molecule is COc1cccc(C)c1C(=O)NCc1ccc(B(O)O)cc1. The van der Waals surface area contributed by atoms with Crippen LogP contribution in [0.2, 0.25) is 0 Å². The summed E-state index contributed by atoms with van der Waals surface area (Å²) in [6.45, 7) is 2.20. The summed E-state index contributed by atoms with van der Waals surface area (Å²) < 4.78 is 5.23. The molecule has 2 aromatic carbocycles. The Kier molecular flexibility index (Phi) is 5.19. The minimum atomic E-state index is -1.49. The Morgan fingerprint density at radius 1 is 1.18 bits per heavy atom. The molecule has 0 aliphatic rings. The molecule has 1 amide bonds. The average molecular weight is 299 g/mol. The summed E-state index contributed by atoms with van der Waals surface area (Å²) >= 11 is 0. The number of nitrogens with one attached hydrogen (secondary N) is 1. The van der Waals surface area contributed by atoms with Gasteiger partial charge in [0, 0.05) is 6.54 Å². The van der Waals surface area contributed by atoms with E-state index in [1.165, 1.54) is 7.11 Å². The molecule has 0 fully saturated rings. The number of amides is 1. The summed E-state index contributed by atoms with van der Waals surface area (Å²) in [4.78, 5) is 12.3. The minimum Gasteiger partial charge on any atom is -0.496 e. The number of ether oxygens (including phenoxy) is 1. The molecule has 5 nitrogen and oxygen atoms in total. The molecule has 0 atom stereocenters. The Hall–Kier alpha value is -2.31. The van der Waals surface area contributed by atoms with Crippen molar-refractivity contribution in [3.05, 3.63) is 59.2 Å². The van der Waals surface area contributed by atoms with E-state index in [1.54, 1.807) is 30.3 Å². The predicted molar refractivity (Wildman–Crippen MR) is 85.2 cm³/mol. The number of carbonyl (C=O) groups is 1. The van der Waals surface area contributed by atoms with Crippen LogP contribution in [0.15, 0.2) is 42.5 Å². The van der Waals surface area contributed by atoms with Crippen LogP contribution in [-0.4, -0.2) is 30.2 Å². The van der Waals surface area contributed by atoms with Crippen molar-refractivity contribution in [2.45, 2.75) is 13.5 Å². The first-order valence-corrected chi connectivity index (χ1v) is 6.89. The number of benzene rings is 2. The molecule has 0 aromatic heterocycles. The number of hydrogen-bond acceptors (Lipinski definition) is 4. The molecule has 114 valence electrons. The van der Waals surface area contributed by atoms with Crippen molar-refractivity contribution in [2.24, 2.45) is 0 Å². The Bertz CT molecular complexity index is 656. The van der Waals surface area contributed by atoms with Gasteiger partial charge in [-0.2, -0.15) is 0 Å². The third-order valence-electron chi connectivity index (χ3n) is 3.41. The van der Waals surface area contributed by atoms with Crippen LogP contribution in [0.3, 0.4) is 0 Å². The molecule has 2 rings (SSSR count). The lowest BCUT2D eigenvalue weighted by Crippen LogP contribution is -2.30. The van der Waals surface area contributed by atoms with Crippen molar-refractivity contribution in [3.8, 4) is 5.75 Å². The molecule has 0 radical (unpaired) electrons. The molecule has 0 unspecified atom stereocenters. The van der Waals surface area contributed by atoms with E-state index < -0.39 is 7.12 Å². The minimum absolute atomic E-state index is 0.207. The molecular formula is C16H18BNO4. The molecule has 0 bridgehead atoms. The van der Waals surface area contributed by atoms with E-state index in [9.17, 15) is 4.79 Å². The monoisotopic (exact) mass is 299 g/mol. The van der Waals surface area contributed by atoms with Crippen LogP contribution in [0.25, 0.3) is 0 Å². The lowest BCUT2D eigenvalue weighted by atomic mass is 9.80. The molecule has 0 heterocycles. The van der Waals surface area contributed by atoms with Crippen LogP contribution < -0.4 is 15.5 Å². The van der Waals surface area contributed by atoms with Crippen LogP contribution in [0, 0.1) is 6.92 Å². The zero-order valence-electron chi connectivity index (χ0n) is 12.5. The van der Waals surface area contributed by atoms with Crippen LogP contribution in [0.4, 0.5) is 0 Å². The predicted octanol–water partition coefficient (Wildman–Crippen LogP) is 0.613. The quantitative estimate of drug-likeness (QED) is 0.707. The summed E-state index contributed by atoms with van der Waals surface area (Å²) in [5, 5.41) is 20.9. The normalized spacial score (nSPS) is 10.2. The first kappa shape index (κ1) is 16.1. The summed E-state index contributed by atoms with van der Waals surface area (Å²) in [5.74, 6) is 0.331. The zero-order valence-corrected chi connectivity index (χ0v) is 12.5. The lowest BCUT2D eigenvalue weighted by Gasteiger charge is -2.12. The smallest absolute Gasteiger partial charge is 0.488 e. The van der Waals surface area contributed by atoms with Gasteiger partial charge in [-0.25, -0.2) is 0 Å². The van der Waals surface area contributed by atoms with E-state index in [-0.39, 0.29) is 5.91 Å². The molecule has 3 N–H and O–H groups in total. The van der Waals surface area contributed by atoms with Crippen molar-refractivity contribution in [2.75, 3.05) is 7.11 Å². The van der Waals surface area contributed by atoms with Crippen LogP contribution in [0.5, 0.6) is 5.75 Å². The number of aryl methyl sites for hydroxylation is 1. The van der Waals surface area contributed by atoms with Gasteiger partial charge in [0.05, 0.1) is 12.7 Å². The second kappa shape index (κ2) is 7.11. The molecule has 2 aromatic rings. The molecule has 22 heavy (non-hydrogen) atoms. The van der Waals surface area contributed by atoms with Crippen molar-refractivity contribution in [3.63, 3.8) is 0 Å². The third kappa shape index (κ3) is 3.66. The van der Waals surface area contributed by atoms with E-state index in [4.69, 9.17) is 14.8 Å². The first-order chi connectivity index (χ1) is 10.5. The van der Waals surface area contributed by atoms with Crippen LogP contribution in [0.1, 0.15) is 21.5 Å². The van der Waals surface area contributed by atoms with Crippen molar-refractivity contribution in [1.29, 1.82) is 0 Å². The van der Waals surface area contributed by atoms with E-state index in [0.29, 0.717) is 23.3 Å². The largest absolute Gasteiger partial charge is 0.496 e. The summed E-state index contributed by atoms with van der Waals surface area (Å²) in [6, 6.07) is 12.1. The van der Waals surface area contributed by atoms with Gasteiger partial charge < -0.3 is 20.1 Å². The van der Waals surface area contributed by atoms with Gasteiger partial charge in [-0.3, -0.25) is 4.79 Å². The van der Waals surface area contributed by atoms with E-state index in [1.807, 2.05) is 19.1 Å². The van der Waals surface area contributed by atoms with Gasteiger partial charge in [-0.1, -0.05) is 36.4 Å². The van der Waals surface area contributed by atoms with Crippen LogP contribution >= 0.6 is 0 Å². The summed E-state index contributed by atoms with van der Waals surface area (Å²) in [7, 11) is 0.0460. The first-order valence-electron chi connectivity index (χ1n) is 6.89. The highest BCUT2D eigenvalue weighted by molar-refractivity contribution is 6.58. The lowest BCUT2D eigenvalue weighted by molar-refractivity contribution is 0.0947. The van der Waals surface area contributed by atoms with Gasteiger partial charge >= 0.3 is 7.12 Å². The molecule has 0 aliphatic carbocycles. The van der Waals surface area contributed by atoms with E-state index in [0.717, 1.165) is 11.1 Å². The summed E-state index contributed by atoms with van der Waals surface area (Å²) in [6.07, 6.45) is 0. The molecule has 0 aliphatic heterocycles. The standard InChI is InChI=1S/C16H18BNO4/c1-11-4-3-5-14(22-2)15(11)16(19)18-10-12-6-8-13(9-7-12)17(20)21/h3-9,20-21H,10H2,1-2H3,(H,18,19). The topological polar surface area (TPSA) is 78.8 Å². The summed E-state index contributed by atoms with van der Waals surface area (Å²) in [5.41, 5.74) is 2.64. The van der Waals surface area contributed by atoms with E-state index >= 15 is 0 Å². The fourth-order valence-corrected chi connectivity index (χ4v) is 2.18. The highest BCUT2D eigenvalue weighted by atomic mass is 16.5. The Balaban J connectivity index is 2.07. The molecule has 0 saturated heterocycles. The molecule has 0 spiro atoms. The van der Waals surface area contributed by atoms with Crippen LogP contribution in [-0.2, 0) is 6.54 Å². The van der Waals surface area contributed by atoms with Crippen molar-refractivity contribution in [1.82, 2.24) is 5.32 Å². The van der Waals surface area contributed by atoms with Crippen molar-refractivity contribution >= 4 is 18.5 Å². The maximum atomic E-state index is 12.3. The Morgan fingerprint density at radius 3 is 2.45 bits per heavy atom. The number of methoxy groups -OCH3 is 1. The average Bonchev–Trinajstić information content (AvgIpc) is 2.52. The molecule has 6 heteroatoms. The maximum Gasteiger partial charge on any atom is 0.488 e.